The molecule has 3 rings (SSSR count). The number of anilines is 2. The zero-order valence-corrected chi connectivity index (χ0v) is 14.5. The van der Waals surface area contributed by atoms with E-state index in [1.165, 1.54) is 25.6 Å². The summed E-state index contributed by atoms with van der Waals surface area (Å²) in [6.45, 7) is 4.19. The summed E-state index contributed by atoms with van der Waals surface area (Å²) < 4.78 is 4.66. The lowest BCUT2D eigenvalue weighted by atomic mass is 10.1. The molecule has 1 heterocycles. The number of ether oxygens (including phenoxy) is 1. The molecule has 0 bridgehead atoms. The fraction of sp³-hybridized carbons (Fsp3) is 0.300. The molecule has 1 aliphatic rings. The number of esters is 1. The van der Waals surface area contributed by atoms with Crippen molar-refractivity contribution in [2.24, 2.45) is 0 Å². The first-order valence-corrected chi connectivity index (χ1v) is 8.44. The minimum absolute atomic E-state index is 0.201. The van der Waals surface area contributed by atoms with Crippen molar-refractivity contribution in [1.82, 2.24) is 0 Å². The van der Waals surface area contributed by atoms with Gasteiger partial charge >= 0.3 is 5.97 Å². The van der Waals surface area contributed by atoms with Gasteiger partial charge in [0.2, 0.25) is 0 Å². The zero-order chi connectivity index (χ0) is 17.8. The SMILES string of the molecule is COC(=O)c1ccc(C(=O)Nc2ccc(N3CCCC3)cc2C)cc1. The second-order valence-electron chi connectivity index (χ2n) is 6.22. The highest BCUT2D eigenvalue weighted by Gasteiger charge is 2.14. The van der Waals surface area contributed by atoms with Crippen molar-refractivity contribution in [3.8, 4) is 0 Å². The van der Waals surface area contributed by atoms with Gasteiger partial charge in [0.1, 0.15) is 0 Å². The minimum Gasteiger partial charge on any atom is -0.465 e. The van der Waals surface area contributed by atoms with Gasteiger partial charge in [-0.15, -0.1) is 0 Å². The normalized spacial score (nSPS) is 13.6. The molecule has 1 aliphatic heterocycles. The van der Waals surface area contributed by atoms with Crippen molar-refractivity contribution in [3.05, 3.63) is 59.2 Å². The van der Waals surface area contributed by atoms with E-state index in [4.69, 9.17) is 0 Å². The first-order chi connectivity index (χ1) is 12.1. The van der Waals surface area contributed by atoms with Gasteiger partial charge in [-0.05, 0) is 67.8 Å². The first kappa shape index (κ1) is 17.0. The third-order valence-corrected chi connectivity index (χ3v) is 4.50. The molecule has 5 nitrogen and oxygen atoms in total. The van der Waals surface area contributed by atoms with E-state index in [-0.39, 0.29) is 5.91 Å². The average Bonchev–Trinajstić information content (AvgIpc) is 3.17. The summed E-state index contributed by atoms with van der Waals surface area (Å²) in [6.07, 6.45) is 2.47. The lowest BCUT2D eigenvalue weighted by Crippen LogP contribution is -2.18. The van der Waals surface area contributed by atoms with Gasteiger partial charge in [-0.25, -0.2) is 4.79 Å². The van der Waals surface area contributed by atoms with Crippen LogP contribution in [0.5, 0.6) is 0 Å². The van der Waals surface area contributed by atoms with Crippen molar-refractivity contribution in [2.45, 2.75) is 19.8 Å². The predicted octanol–water partition coefficient (Wildman–Crippen LogP) is 3.63. The standard InChI is InChI=1S/C20H22N2O3/c1-14-13-17(22-11-3-4-12-22)9-10-18(14)21-19(23)15-5-7-16(8-6-15)20(24)25-2/h5-10,13H,3-4,11-12H2,1-2H3,(H,21,23). The van der Waals surface area contributed by atoms with Crippen molar-refractivity contribution in [2.75, 3.05) is 30.4 Å². The number of benzene rings is 2. The highest BCUT2D eigenvalue weighted by molar-refractivity contribution is 6.05. The fourth-order valence-corrected chi connectivity index (χ4v) is 3.03. The van der Waals surface area contributed by atoms with E-state index in [0.29, 0.717) is 11.1 Å². The molecule has 130 valence electrons. The van der Waals surface area contributed by atoms with Crippen LogP contribution in [0.1, 0.15) is 39.1 Å². The lowest BCUT2D eigenvalue weighted by Gasteiger charge is -2.19. The number of hydrogen-bond acceptors (Lipinski definition) is 4. The van der Waals surface area contributed by atoms with Gasteiger partial charge in [0.25, 0.3) is 5.91 Å². The summed E-state index contributed by atoms with van der Waals surface area (Å²) in [4.78, 5) is 26.2. The summed E-state index contributed by atoms with van der Waals surface area (Å²) in [5, 5.41) is 2.93. The van der Waals surface area contributed by atoms with Crippen LogP contribution in [-0.2, 0) is 4.74 Å². The maximum Gasteiger partial charge on any atom is 0.337 e. The molecule has 1 saturated heterocycles. The molecule has 1 fully saturated rings. The molecule has 0 aromatic heterocycles. The highest BCUT2D eigenvalue weighted by Crippen LogP contribution is 2.25. The molecule has 2 aromatic carbocycles. The van der Waals surface area contributed by atoms with Crippen LogP contribution in [0.2, 0.25) is 0 Å². The van der Waals surface area contributed by atoms with Crippen LogP contribution in [0, 0.1) is 6.92 Å². The Morgan fingerprint density at radius 3 is 2.24 bits per heavy atom. The molecule has 1 amide bonds. The Bertz CT molecular complexity index is 778. The Balaban J connectivity index is 1.71. The zero-order valence-electron chi connectivity index (χ0n) is 14.5. The minimum atomic E-state index is -0.416. The molecular weight excluding hydrogens is 316 g/mol. The number of carbonyl (C=O) groups excluding carboxylic acids is 2. The number of methoxy groups -OCH3 is 1. The third kappa shape index (κ3) is 3.82. The molecule has 5 heteroatoms. The number of nitrogens with zero attached hydrogens (tertiary/aromatic N) is 1. The van der Waals surface area contributed by atoms with Gasteiger partial charge in [0.15, 0.2) is 0 Å². The summed E-state index contributed by atoms with van der Waals surface area (Å²) in [5.41, 5.74) is 3.95. The Kier molecular flexibility index (Phi) is 5.03. The van der Waals surface area contributed by atoms with Crippen molar-refractivity contribution in [3.63, 3.8) is 0 Å². The number of aryl methyl sites for hydroxylation is 1. The van der Waals surface area contributed by atoms with E-state index in [2.05, 4.69) is 21.0 Å². The van der Waals surface area contributed by atoms with Crippen LogP contribution in [0.25, 0.3) is 0 Å². The van der Waals surface area contributed by atoms with Gasteiger partial charge in [0, 0.05) is 30.0 Å². The molecule has 0 radical (unpaired) electrons. The molecule has 0 unspecified atom stereocenters. The van der Waals surface area contributed by atoms with Gasteiger partial charge in [-0.3, -0.25) is 4.79 Å². The molecule has 1 N–H and O–H groups in total. The molecular formula is C20H22N2O3. The van der Waals surface area contributed by atoms with Crippen LogP contribution in [-0.4, -0.2) is 32.1 Å². The Hall–Kier alpha value is -2.82. The monoisotopic (exact) mass is 338 g/mol. The van der Waals surface area contributed by atoms with Crippen molar-refractivity contribution in [1.29, 1.82) is 0 Å². The Morgan fingerprint density at radius 1 is 1.00 bits per heavy atom. The summed E-state index contributed by atoms with van der Waals surface area (Å²) in [6, 6.07) is 12.5. The number of nitrogens with one attached hydrogen (secondary N) is 1. The second kappa shape index (κ2) is 7.38. The van der Waals surface area contributed by atoms with Crippen LogP contribution in [0.4, 0.5) is 11.4 Å². The van der Waals surface area contributed by atoms with E-state index in [9.17, 15) is 9.59 Å². The Morgan fingerprint density at radius 2 is 1.64 bits per heavy atom. The number of hydrogen-bond donors (Lipinski definition) is 1. The summed E-state index contributed by atoms with van der Waals surface area (Å²) in [5.74, 6) is -0.617. The molecule has 0 atom stereocenters. The molecule has 0 spiro atoms. The third-order valence-electron chi connectivity index (χ3n) is 4.50. The van der Waals surface area contributed by atoms with Crippen LogP contribution in [0.3, 0.4) is 0 Å². The average molecular weight is 338 g/mol. The number of rotatable bonds is 4. The molecule has 0 aliphatic carbocycles. The first-order valence-electron chi connectivity index (χ1n) is 8.44. The highest BCUT2D eigenvalue weighted by atomic mass is 16.5. The van der Waals surface area contributed by atoms with Crippen LogP contribution >= 0.6 is 0 Å². The van der Waals surface area contributed by atoms with E-state index >= 15 is 0 Å². The lowest BCUT2D eigenvalue weighted by molar-refractivity contribution is 0.0600. The molecule has 25 heavy (non-hydrogen) atoms. The van der Waals surface area contributed by atoms with E-state index in [1.807, 2.05) is 19.1 Å². The van der Waals surface area contributed by atoms with E-state index in [0.717, 1.165) is 24.3 Å². The van der Waals surface area contributed by atoms with Crippen molar-refractivity contribution < 1.29 is 14.3 Å². The Labute approximate surface area is 147 Å². The fourth-order valence-electron chi connectivity index (χ4n) is 3.03. The number of amides is 1. The molecule has 0 saturated carbocycles. The molecule has 2 aromatic rings. The van der Waals surface area contributed by atoms with Crippen LogP contribution in [0.15, 0.2) is 42.5 Å². The van der Waals surface area contributed by atoms with Gasteiger partial charge < -0.3 is 15.0 Å². The van der Waals surface area contributed by atoms with Crippen LogP contribution < -0.4 is 10.2 Å². The van der Waals surface area contributed by atoms with Gasteiger partial charge in [-0.1, -0.05) is 0 Å². The summed E-state index contributed by atoms with van der Waals surface area (Å²) in [7, 11) is 1.33. The van der Waals surface area contributed by atoms with Gasteiger partial charge in [0.05, 0.1) is 12.7 Å². The predicted molar refractivity (Wildman–Crippen MR) is 98.4 cm³/mol. The smallest absolute Gasteiger partial charge is 0.337 e. The maximum atomic E-state index is 12.4. The van der Waals surface area contributed by atoms with Crippen molar-refractivity contribution >= 4 is 23.3 Å². The quantitative estimate of drug-likeness (QED) is 0.865. The van der Waals surface area contributed by atoms with E-state index in [1.54, 1.807) is 24.3 Å². The van der Waals surface area contributed by atoms with Gasteiger partial charge in [-0.2, -0.15) is 0 Å². The topological polar surface area (TPSA) is 58.6 Å². The second-order valence-corrected chi connectivity index (χ2v) is 6.22. The summed E-state index contributed by atoms with van der Waals surface area (Å²) >= 11 is 0. The maximum absolute atomic E-state index is 12.4. The number of carbonyl (C=O) groups is 2. The largest absolute Gasteiger partial charge is 0.465 e. The van der Waals surface area contributed by atoms with E-state index < -0.39 is 5.97 Å².